The van der Waals surface area contributed by atoms with E-state index in [1.807, 2.05) is 22.9 Å². The molecule has 0 saturated heterocycles. The first-order chi connectivity index (χ1) is 15.5. The number of benzene rings is 2. The molecule has 3 heterocycles. The van der Waals surface area contributed by atoms with Crippen molar-refractivity contribution in [3.8, 4) is 22.6 Å². The maximum Gasteiger partial charge on any atom is 0.175 e. The summed E-state index contributed by atoms with van der Waals surface area (Å²) in [6.45, 7) is 2.10. The highest BCUT2D eigenvalue weighted by Gasteiger charge is 2.15. The molecule has 0 bridgehead atoms. The number of hydrogen-bond donors (Lipinski definition) is 0. The molecule has 5 aromatic rings. The summed E-state index contributed by atoms with van der Waals surface area (Å²) in [5.41, 5.74) is 5.59. The van der Waals surface area contributed by atoms with Crippen LogP contribution >= 0.6 is 0 Å². The van der Waals surface area contributed by atoms with E-state index in [9.17, 15) is 8.42 Å². The van der Waals surface area contributed by atoms with Gasteiger partial charge in [-0.25, -0.2) is 17.8 Å². The Kier molecular flexibility index (Phi) is 4.86. The minimum atomic E-state index is -3.25. The van der Waals surface area contributed by atoms with Crippen LogP contribution in [0.5, 0.6) is 0 Å². The van der Waals surface area contributed by atoms with Crippen molar-refractivity contribution in [2.75, 3.05) is 6.26 Å². The van der Waals surface area contributed by atoms with Crippen LogP contribution in [-0.2, 0) is 16.3 Å². The normalized spacial score (nSPS) is 11.8. The van der Waals surface area contributed by atoms with Crippen LogP contribution in [0, 0.1) is 0 Å². The molecular weight excluding hydrogens is 422 g/mol. The lowest BCUT2D eigenvalue weighted by atomic mass is 10.1. The standard InChI is InChI=1S/C24H21N5O2S/c1-3-22-21-11-6-17(15-24(21)29(27-22)19-5-4-13-25-16-19)23-12-14-26-28(23)18-7-9-20(10-8-18)32(2,30)31/h4-16H,3H2,1-2H3. The van der Waals surface area contributed by atoms with Crippen molar-refractivity contribution in [1.29, 1.82) is 0 Å². The van der Waals surface area contributed by atoms with Gasteiger partial charge in [-0.05, 0) is 55.0 Å². The van der Waals surface area contributed by atoms with Gasteiger partial charge in [0.2, 0.25) is 0 Å². The highest BCUT2D eigenvalue weighted by Crippen LogP contribution is 2.29. The molecule has 160 valence electrons. The summed E-state index contributed by atoms with van der Waals surface area (Å²) in [6.07, 6.45) is 7.31. The monoisotopic (exact) mass is 443 g/mol. The molecule has 0 spiro atoms. The van der Waals surface area contributed by atoms with Gasteiger partial charge < -0.3 is 0 Å². The molecule has 7 nitrogen and oxygen atoms in total. The van der Waals surface area contributed by atoms with Gasteiger partial charge in [-0.15, -0.1) is 0 Å². The summed E-state index contributed by atoms with van der Waals surface area (Å²) < 4.78 is 27.3. The van der Waals surface area contributed by atoms with Gasteiger partial charge in [-0.2, -0.15) is 10.2 Å². The molecule has 0 aliphatic rings. The van der Waals surface area contributed by atoms with Crippen LogP contribution in [0.25, 0.3) is 33.5 Å². The third-order valence-electron chi connectivity index (χ3n) is 5.43. The van der Waals surface area contributed by atoms with Crippen LogP contribution in [0.1, 0.15) is 12.6 Å². The maximum absolute atomic E-state index is 11.8. The van der Waals surface area contributed by atoms with Crippen LogP contribution in [0.4, 0.5) is 0 Å². The van der Waals surface area contributed by atoms with Crippen molar-refractivity contribution in [1.82, 2.24) is 24.5 Å². The lowest BCUT2D eigenvalue weighted by Crippen LogP contribution is -2.01. The van der Waals surface area contributed by atoms with Crippen LogP contribution in [0.2, 0.25) is 0 Å². The molecular formula is C24H21N5O2S. The zero-order chi connectivity index (χ0) is 22.3. The average molecular weight is 444 g/mol. The highest BCUT2D eigenvalue weighted by atomic mass is 32.2. The van der Waals surface area contributed by atoms with E-state index >= 15 is 0 Å². The van der Waals surface area contributed by atoms with E-state index in [2.05, 4.69) is 35.2 Å². The predicted octanol–water partition coefficient (Wildman–Crippen LogP) is 4.24. The van der Waals surface area contributed by atoms with Gasteiger partial charge in [0.25, 0.3) is 0 Å². The third kappa shape index (κ3) is 3.48. The smallest absolute Gasteiger partial charge is 0.175 e. The van der Waals surface area contributed by atoms with E-state index in [-0.39, 0.29) is 4.90 Å². The Morgan fingerprint density at radius 1 is 0.906 bits per heavy atom. The second-order valence-electron chi connectivity index (χ2n) is 7.55. The molecule has 0 aliphatic heterocycles. The van der Waals surface area contributed by atoms with Gasteiger partial charge in [0.15, 0.2) is 9.84 Å². The van der Waals surface area contributed by atoms with Crippen LogP contribution < -0.4 is 0 Å². The summed E-state index contributed by atoms with van der Waals surface area (Å²) in [5, 5.41) is 10.4. The fourth-order valence-corrected chi connectivity index (χ4v) is 4.47. The third-order valence-corrected chi connectivity index (χ3v) is 6.56. The van der Waals surface area contributed by atoms with Gasteiger partial charge in [-0.3, -0.25) is 4.98 Å². The Morgan fingerprint density at radius 3 is 2.41 bits per heavy atom. The van der Waals surface area contributed by atoms with Crippen molar-refractivity contribution >= 4 is 20.7 Å². The number of aromatic nitrogens is 5. The second-order valence-corrected chi connectivity index (χ2v) is 9.57. The number of fused-ring (bicyclic) bond motifs is 1. The highest BCUT2D eigenvalue weighted by molar-refractivity contribution is 7.90. The van der Waals surface area contributed by atoms with E-state index in [1.54, 1.807) is 47.5 Å². The summed E-state index contributed by atoms with van der Waals surface area (Å²) in [7, 11) is -3.25. The van der Waals surface area contributed by atoms with E-state index < -0.39 is 9.84 Å². The molecule has 0 saturated carbocycles. The molecule has 0 atom stereocenters. The zero-order valence-corrected chi connectivity index (χ0v) is 18.5. The maximum atomic E-state index is 11.8. The topological polar surface area (TPSA) is 82.7 Å². The lowest BCUT2D eigenvalue weighted by molar-refractivity contribution is 0.602. The first kappa shape index (κ1) is 20.1. The Morgan fingerprint density at radius 2 is 1.72 bits per heavy atom. The Balaban J connectivity index is 1.63. The molecule has 0 unspecified atom stereocenters. The van der Waals surface area contributed by atoms with Crippen LogP contribution in [0.3, 0.4) is 0 Å². The zero-order valence-electron chi connectivity index (χ0n) is 17.7. The van der Waals surface area contributed by atoms with E-state index in [1.165, 1.54) is 6.26 Å². The molecule has 8 heteroatoms. The van der Waals surface area contributed by atoms with Gasteiger partial charge in [-0.1, -0.05) is 19.1 Å². The molecule has 0 N–H and O–H groups in total. The van der Waals surface area contributed by atoms with E-state index in [0.29, 0.717) is 0 Å². The van der Waals surface area contributed by atoms with Crippen molar-refractivity contribution in [3.05, 3.63) is 84.9 Å². The quantitative estimate of drug-likeness (QED) is 0.406. The first-order valence-corrected chi connectivity index (χ1v) is 12.1. The summed E-state index contributed by atoms with van der Waals surface area (Å²) in [4.78, 5) is 4.52. The molecule has 5 rings (SSSR count). The number of aryl methyl sites for hydroxylation is 1. The summed E-state index contributed by atoms with van der Waals surface area (Å²) >= 11 is 0. The fraction of sp³-hybridized carbons (Fsp3) is 0.125. The fourth-order valence-electron chi connectivity index (χ4n) is 3.84. The predicted molar refractivity (Wildman–Crippen MR) is 124 cm³/mol. The number of hydrogen-bond acceptors (Lipinski definition) is 5. The molecule has 3 aromatic heterocycles. The molecule has 0 aliphatic carbocycles. The van der Waals surface area contributed by atoms with Crippen molar-refractivity contribution in [3.63, 3.8) is 0 Å². The van der Waals surface area contributed by atoms with Crippen molar-refractivity contribution < 1.29 is 8.42 Å². The van der Waals surface area contributed by atoms with Crippen molar-refractivity contribution in [2.45, 2.75) is 18.2 Å². The van der Waals surface area contributed by atoms with Crippen molar-refractivity contribution in [2.24, 2.45) is 0 Å². The van der Waals surface area contributed by atoms with Crippen LogP contribution in [-0.4, -0.2) is 39.2 Å². The first-order valence-electron chi connectivity index (χ1n) is 10.2. The Hall–Kier alpha value is -3.78. The van der Waals surface area contributed by atoms with Crippen LogP contribution in [0.15, 0.2) is 84.1 Å². The van der Waals surface area contributed by atoms with E-state index in [0.717, 1.165) is 45.6 Å². The Bertz CT molecular complexity index is 1520. The number of pyridine rings is 1. The molecule has 32 heavy (non-hydrogen) atoms. The molecule has 0 amide bonds. The minimum Gasteiger partial charge on any atom is -0.262 e. The SMILES string of the molecule is CCc1nn(-c2cccnc2)c2cc(-c3ccnn3-c3ccc(S(C)(=O)=O)cc3)ccc12. The van der Waals surface area contributed by atoms with E-state index in [4.69, 9.17) is 5.10 Å². The minimum absolute atomic E-state index is 0.281. The number of sulfone groups is 1. The van der Waals surface area contributed by atoms with Gasteiger partial charge in [0.1, 0.15) is 0 Å². The second kappa shape index (κ2) is 7.72. The Labute approximate surface area is 185 Å². The number of rotatable bonds is 5. The average Bonchev–Trinajstić information content (AvgIpc) is 3.44. The molecule has 0 radical (unpaired) electrons. The lowest BCUT2D eigenvalue weighted by Gasteiger charge is -2.09. The number of nitrogens with zero attached hydrogens (tertiary/aromatic N) is 5. The van der Waals surface area contributed by atoms with Gasteiger partial charge in [0.05, 0.1) is 45.6 Å². The van der Waals surface area contributed by atoms with Gasteiger partial charge >= 0.3 is 0 Å². The van der Waals surface area contributed by atoms with Gasteiger partial charge in [0, 0.05) is 23.4 Å². The largest absolute Gasteiger partial charge is 0.262 e. The summed E-state index contributed by atoms with van der Waals surface area (Å²) in [5.74, 6) is 0. The molecule has 0 fully saturated rings. The summed E-state index contributed by atoms with van der Waals surface area (Å²) in [6, 6.07) is 18.8. The molecule has 2 aromatic carbocycles.